The minimum absolute atomic E-state index is 0.0532. The molecule has 98 valence electrons. The second-order valence-corrected chi connectivity index (χ2v) is 5.65. The molecule has 18 heavy (non-hydrogen) atoms. The Labute approximate surface area is 118 Å². The third-order valence-electron chi connectivity index (χ3n) is 2.38. The monoisotopic (exact) mass is 282 g/mol. The molecule has 0 aliphatic carbocycles. The largest absolute Gasteiger partial charge is 0.294 e. The van der Waals surface area contributed by atoms with Crippen LogP contribution in [0, 0.1) is 0 Å². The van der Waals surface area contributed by atoms with Crippen LogP contribution in [0.15, 0.2) is 24.5 Å². The van der Waals surface area contributed by atoms with Gasteiger partial charge in [-0.15, -0.1) is 0 Å². The first-order valence-corrected chi connectivity index (χ1v) is 7.48. The number of amides is 1. The molecule has 0 atom stereocenters. The van der Waals surface area contributed by atoms with Gasteiger partial charge in [0.05, 0.1) is 5.56 Å². The van der Waals surface area contributed by atoms with Crippen LogP contribution in [0.3, 0.4) is 0 Å². The lowest BCUT2D eigenvalue weighted by atomic mass is 10.2. The summed E-state index contributed by atoms with van der Waals surface area (Å²) in [5.41, 5.74) is 0.590. The molecule has 0 aliphatic rings. The van der Waals surface area contributed by atoms with E-state index in [-0.39, 0.29) is 5.91 Å². The number of rotatable bonds is 5. The van der Waals surface area contributed by atoms with E-state index < -0.39 is 0 Å². The second kappa shape index (κ2) is 8.21. The van der Waals surface area contributed by atoms with Crippen LogP contribution in [-0.2, 0) is 0 Å². The van der Waals surface area contributed by atoms with E-state index in [1.807, 2.05) is 6.92 Å². The molecule has 1 aromatic heterocycles. The second-order valence-electron chi connectivity index (χ2n) is 3.75. The summed E-state index contributed by atoms with van der Waals surface area (Å²) in [6.07, 6.45) is 5.24. The average molecular weight is 282 g/mol. The number of hydrogen-bond donors (Lipinski definition) is 0. The number of unbranched alkanes of at least 4 members (excludes halogenated alkanes) is 1. The zero-order valence-corrected chi connectivity index (χ0v) is 12.4. The summed E-state index contributed by atoms with van der Waals surface area (Å²) < 4.78 is 0.653. The van der Waals surface area contributed by atoms with Gasteiger partial charge in [0.1, 0.15) is 4.32 Å². The van der Waals surface area contributed by atoms with Crippen LogP contribution in [0.5, 0.6) is 0 Å². The first kappa shape index (κ1) is 15.1. The van der Waals surface area contributed by atoms with Crippen molar-refractivity contribution < 1.29 is 4.79 Å². The standard InChI is InChI=1S/C13H18N2OS2/c1-3-5-9-15(13(17)18-4-2)12(16)11-7-6-8-14-10-11/h6-8,10H,3-5,9H2,1-2H3. The molecule has 0 spiro atoms. The highest BCUT2D eigenvalue weighted by Crippen LogP contribution is 2.14. The third kappa shape index (κ3) is 4.38. The van der Waals surface area contributed by atoms with Crippen LogP contribution in [0.1, 0.15) is 37.0 Å². The molecule has 5 heteroatoms. The van der Waals surface area contributed by atoms with E-state index in [1.54, 1.807) is 29.4 Å². The van der Waals surface area contributed by atoms with E-state index in [9.17, 15) is 4.79 Å². The van der Waals surface area contributed by atoms with Crippen LogP contribution in [0.2, 0.25) is 0 Å². The normalized spacial score (nSPS) is 10.1. The smallest absolute Gasteiger partial charge is 0.260 e. The molecular formula is C13H18N2OS2. The van der Waals surface area contributed by atoms with Crippen LogP contribution >= 0.6 is 24.0 Å². The summed E-state index contributed by atoms with van der Waals surface area (Å²) in [5.74, 6) is 0.824. The minimum Gasteiger partial charge on any atom is -0.294 e. The Morgan fingerprint density at radius 2 is 2.28 bits per heavy atom. The fraction of sp³-hybridized carbons (Fsp3) is 0.462. The molecule has 0 saturated carbocycles. The topological polar surface area (TPSA) is 33.2 Å². The Morgan fingerprint density at radius 3 is 2.83 bits per heavy atom. The highest BCUT2D eigenvalue weighted by atomic mass is 32.2. The molecule has 0 bridgehead atoms. The highest BCUT2D eigenvalue weighted by molar-refractivity contribution is 8.22. The molecule has 0 N–H and O–H groups in total. The summed E-state index contributed by atoms with van der Waals surface area (Å²) in [7, 11) is 0. The lowest BCUT2D eigenvalue weighted by Gasteiger charge is -2.22. The Balaban J connectivity index is 2.82. The first-order chi connectivity index (χ1) is 8.70. The Kier molecular flexibility index (Phi) is 6.90. The summed E-state index contributed by atoms with van der Waals surface area (Å²) in [6.45, 7) is 4.81. The van der Waals surface area contributed by atoms with Gasteiger partial charge >= 0.3 is 0 Å². The van der Waals surface area contributed by atoms with E-state index in [0.717, 1.165) is 18.6 Å². The number of carbonyl (C=O) groups is 1. The van der Waals surface area contributed by atoms with Gasteiger partial charge in [0.15, 0.2) is 0 Å². The van der Waals surface area contributed by atoms with Crippen LogP contribution in [0.25, 0.3) is 0 Å². The van der Waals surface area contributed by atoms with Gasteiger partial charge in [-0.2, -0.15) is 0 Å². The van der Waals surface area contributed by atoms with Crippen molar-refractivity contribution in [3.8, 4) is 0 Å². The number of thiocarbonyl (C=S) groups is 1. The zero-order chi connectivity index (χ0) is 13.4. The summed E-state index contributed by atoms with van der Waals surface area (Å²) in [6, 6.07) is 3.54. The molecule has 0 aliphatic heterocycles. The Bertz CT molecular complexity index is 395. The summed E-state index contributed by atoms with van der Waals surface area (Å²) in [4.78, 5) is 18.0. The van der Waals surface area contributed by atoms with Gasteiger partial charge < -0.3 is 0 Å². The van der Waals surface area contributed by atoms with Crippen molar-refractivity contribution in [2.75, 3.05) is 12.3 Å². The van der Waals surface area contributed by atoms with E-state index in [0.29, 0.717) is 16.4 Å². The van der Waals surface area contributed by atoms with Crippen LogP contribution in [-0.4, -0.2) is 32.4 Å². The average Bonchev–Trinajstić information content (AvgIpc) is 2.40. The van der Waals surface area contributed by atoms with Crippen LogP contribution < -0.4 is 0 Å². The maximum Gasteiger partial charge on any atom is 0.260 e. The molecule has 1 rings (SSSR count). The number of aromatic nitrogens is 1. The maximum atomic E-state index is 12.4. The number of nitrogens with zero attached hydrogens (tertiary/aromatic N) is 2. The van der Waals surface area contributed by atoms with Gasteiger partial charge in [-0.3, -0.25) is 14.7 Å². The number of hydrogen-bond acceptors (Lipinski definition) is 4. The molecule has 1 amide bonds. The summed E-state index contributed by atoms with van der Waals surface area (Å²) >= 11 is 6.84. The van der Waals surface area contributed by atoms with Crippen molar-refractivity contribution >= 4 is 34.2 Å². The fourth-order valence-electron chi connectivity index (χ4n) is 1.44. The van der Waals surface area contributed by atoms with Crippen molar-refractivity contribution in [3.05, 3.63) is 30.1 Å². The molecule has 1 aromatic rings. The highest BCUT2D eigenvalue weighted by Gasteiger charge is 2.19. The van der Waals surface area contributed by atoms with Crippen molar-refractivity contribution in [3.63, 3.8) is 0 Å². The molecule has 0 radical (unpaired) electrons. The molecule has 3 nitrogen and oxygen atoms in total. The van der Waals surface area contributed by atoms with Gasteiger partial charge in [0.25, 0.3) is 5.91 Å². The fourth-order valence-corrected chi connectivity index (χ4v) is 2.54. The molecule has 0 fully saturated rings. The third-order valence-corrected chi connectivity index (χ3v) is 3.71. The van der Waals surface area contributed by atoms with E-state index in [2.05, 4.69) is 11.9 Å². The first-order valence-electron chi connectivity index (χ1n) is 6.09. The minimum atomic E-state index is -0.0532. The van der Waals surface area contributed by atoms with Gasteiger partial charge in [0.2, 0.25) is 0 Å². The lowest BCUT2D eigenvalue weighted by molar-refractivity contribution is 0.0851. The number of thioether (sulfide) groups is 1. The summed E-state index contributed by atoms with van der Waals surface area (Å²) in [5, 5.41) is 0. The van der Waals surface area contributed by atoms with Crippen LogP contribution in [0.4, 0.5) is 0 Å². The quantitative estimate of drug-likeness (QED) is 0.775. The molecular weight excluding hydrogens is 264 g/mol. The Morgan fingerprint density at radius 1 is 1.50 bits per heavy atom. The lowest BCUT2D eigenvalue weighted by Crippen LogP contribution is -2.35. The number of carbonyl (C=O) groups excluding carboxylic acids is 1. The van der Waals surface area contributed by atoms with E-state index in [1.165, 1.54) is 11.8 Å². The van der Waals surface area contributed by atoms with E-state index >= 15 is 0 Å². The predicted octanol–water partition coefficient (Wildman–Crippen LogP) is 3.36. The number of pyridine rings is 1. The van der Waals surface area contributed by atoms with Crippen molar-refractivity contribution in [2.45, 2.75) is 26.7 Å². The van der Waals surface area contributed by atoms with Crippen molar-refractivity contribution in [2.24, 2.45) is 0 Å². The zero-order valence-electron chi connectivity index (χ0n) is 10.8. The van der Waals surface area contributed by atoms with Crippen molar-refractivity contribution in [1.82, 2.24) is 9.88 Å². The van der Waals surface area contributed by atoms with Gasteiger partial charge in [-0.05, 0) is 24.3 Å². The van der Waals surface area contributed by atoms with E-state index in [4.69, 9.17) is 12.2 Å². The van der Waals surface area contributed by atoms with Gasteiger partial charge in [0, 0.05) is 18.9 Å². The maximum absolute atomic E-state index is 12.4. The molecule has 0 saturated heterocycles. The molecule has 1 heterocycles. The predicted molar refractivity (Wildman–Crippen MR) is 80.9 cm³/mol. The van der Waals surface area contributed by atoms with Gasteiger partial charge in [-0.1, -0.05) is 44.2 Å². The SMILES string of the molecule is CCCCN(C(=O)c1cccnc1)C(=S)SCC. The Hall–Kier alpha value is -0.940. The van der Waals surface area contributed by atoms with Crippen molar-refractivity contribution in [1.29, 1.82) is 0 Å². The van der Waals surface area contributed by atoms with Gasteiger partial charge in [-0.25, -0.2) is 0 Å². The molecule has 0 unspecified atom stereocenters. The molecule has 0 aromatic carbocycles.